The van der Waals surface area contributed by atoms with Crippen LogP contribution in [0, 0.1) is 0 Å². The fraction of sp³-hybridized carbons (Fsp3) is 0.300. The Hall–Kier alpha value is -2.82. The topological polar surface area (TPSA) is 58.6 Å². The summed E-state index contributed by atoms with van der Waals surface area (Å²) in [7, 11) is 0. The number of nitrogens with zero attached hydrogens (tertiary/aromatic N) is 1. The van der Waals surface area contributed by atoms with Gasteiger partial charge in [0.1, 0.15) is 5.75 Å². The first-order valence-corrected chi connectivity index (χ1v) is 8.52. The van der Waals surface area contributed by atoms with Gasteiger partial charge in [0, 0.05) is 25.2 Å². The van der Waals surface area contributed by atoms with Crippen LogP contribution in [-0.4, -0.2) is 24.5 Å². The molecule has 1 N–H and O–H groups in total. The summed E-state index contributed by atoms with van der Waals surface area (Å²) in [4.78, 5) is 25.7. The molecule has 1 fully saturated rings. The Morgan fingerprint density at radius 1 is 1.16 bits per heavy atom. The quantitative estimate of drug-likeness (QED) is 0.881. The highest BCUT2D eigenvalue weighted by Crippen LogP contribution is 2.24. The summed E-state index contributed by atoms with van der Waals surface area (Å²) in [5, 5.41) is 2.86. The molecule has 0 bridgehead atoms. The summed E-state index contributed by atoms with van der Waals surface area (Å²) >= 11 is 0. The van der Waals surface area contributed by atoms with Crippen molar-refractivity contribution in [3.63, 3.8) is 0 Å². The van der Waals surface area contributed by atoms with Crippen LogP contribution in [0.3, 0.4) is 0 Å². The lowest BCUT2D eigenvalue weighted by Gasteiger charge is -2.18. The van der Waals surface area contributed by atoms with E-state index in [4.69, 9.17) is 4.74 Å². The lowest BCUT2D eigenvalue weighted by Crippen LogP contribution is -2.35. The third-order valence-corrected chi connectivity index (χ3v) is 4.21. The van der Waals surface area contributed by atoms with Crippen molar-refractivity contribution < 1.29 is 14.3 Å². The number of ether oxygens (including phenoxy) is 1. The second kappa shape index (κ2) is 7.83. The van der Waals surface area contributed by atoms with Crippen LogP contribution in [0.2, 0.25) is 0 Å². The van der Waals surface area contributed by atoms with E-state index >= 15 is 0 Å². The molecule has 1 heterocycles. The van der Waals surface area contributed by atoms with E-state index in [1.165, 1.54) is 0 Å². The van der Waals surface area contributed by atoms with Crippen LogP contribution < -0.4 is 15.0 Å². The molecule has 0 aliphatic carbocycles. The maximum absolute atomic E-state index is 12.2. The van der Waals surface area contributed by atoms with Crippen molar-refractivity contribution in [3.8, 4) is 5.75 Å². The van der Waals surface area contributed by atoms with Crippen LogP contribution in [0.25, 0.3) is 0 Å². The zero-order valence-corrected chi connectivity index (χ0v) is 14.3. The van der Waals surface area contributed by atoms with Crippen LogP contribution in [0.4, 0.5) is 5.69 Å². The Morgan fingerprint density at radius 2 is 1.88 bits per heavy atom. The summed E-state index contributed by atoms with van der Waals surface area (Å²) in [6.45, 7) is 2.96. The molecule has 2 aromatic rings. The molecule has 0 radical (unpaired) electrons. The zero-order valence-electron chi connectivity index (χ0n) is 14.3. The van der Waals surface area contributed by atoms with E-state index in [0.29, 0.717) is 18.7 Å². The van der Waals surface area contributed by atoms with Crippen LogP contribution >= 0.6 is 0 Å². The Kier molecular flexibility index (Phi) is 5.33. The van der Waals surface area contributed by atoms with Crippen LogP contribution in [-0.2, 0) is 16.1 Å². The van der Waals surface area contributed by atoms with Gasteiger partial charge in [0.15, 0.2) is 6.10 Å². The SMILES string of the molecule is C[C@H](Oc1ccc(N2CCCC2=O)cc1)C(=O)NCc1ccccc1. The van der Waals surface area contributed by atoms with Crippen molar-refractivity contribution in [2.75, 3.05) is 11.4 Å². The average Bonchev–Trinajstić information content (AvgIpc) is 3.07. The molecule has 5 heteroatoms. The van der Waals surface area contributed by atoms with E-state index in [-0.39, 0.29) is 11.8 Å². The Bertz CT molecular complexity index is 728. The number of nitrogens with one attached hydrogen (secondary N) is 1. The first-order valence-electron chi connectivity index (χ1n) is 8.52. The van der Waals surface area contributed by atoms with E-state index in [1.54, 1.807) is 24.0 Å². The minimum Gasteiger partial charge on any atom is -0.481 e. The largest absolute Gasteiger partial charge is 0.481 e. The van der Waals surface area contributed by atoms with Crippen LogP contribution in [0.1, 0.15) is 25.3 Å². The van der Waals surface area contributed by atoms with Gasteiger partial charge in [0.25, 0.3) is 5.91 Å². The van der Waals surface area contributed by atoms with Gasteiger partial charge in [-0.2, -0.15) is 0 Å². The Morgan fingerprint density at radius 3 is 2.52 bits per heavy atom. The molecular weight excluding hydrogens is 316 g/mol. The summed E-state index contributed by atoms with van der Waals surface area (Å²) in [6.07, 6.45) is 0.912. The molecule has 1 atom stereocenters. The van der Waals surface area contributed by atoms with Crippen LogP contribution in [0.5, 0.6) is 5.75 Å². The fourth-order valence-electron chi connectivity index (χ4n) is 2.81. The zero-order chi connectivity index (χ0) is 17.6. The standard InChI is InChI=1S/C20H22N2O3/c1-15(20(24)21-14-16-6-3-2-4-7-16)25-18-11-9-17(10-12-18)22-13-5-8-19(22)23/h2-4,6-7,9-12,15H,5,8,13-14H2,1H3,(H,21,24)/t15-/m0/s1. The van der Waals surface area contributed by atoms with Gasteiger partial charge in [-0.05, 0) is 43.2 Å². The molecule has 0 saturated carbocycles. The van der Waals surface area contributed by atoms with Crippen molar-refractivity contribution in [3.05, 3.63) is 60.2 Å². The monoisotopic (exact) mass is 338 g/mol. The van der Waals surface area contributed by atoms with Gasteiger partial charge in [0.2, 0.25) is 5.91 Å². The van der Waals surface area contributed by atoms with Crippen molar-refractivity contribution >= 4 is 17.5 Å². The number of hydrogen-bond acceptors (Lipinski definition) is 3. The molecule has 1 aliphatic rings. The Labute approximate surface area is 147 Å². The third kappa shape index (κ3) is 4.38. The van der Waals surface area contributed by atoms with Gasteiger partial charge < -0.3 is 15.0 Å². The van der Waals surface area contributed by atoms with Crippen molar-refractivity contribution in [2.24, 2.45) is 0 Å². The van der Waals surface area contributed by atoms with Gasteiger partial charge in [-0.25, -0.2) is 0 Å². The number of amides is 2. The lowest BCUT2D eigenvalue weighted by atomic mass is 10.2. The predicted molar refractivity (Wildman–Crippen MR) is 96.4 cm³/mol. The Balaban J connectivity index is 1.52. The highest BCUT2D eigenvalue weighted by molar-refractivity contribution is 5.95. The maximum Gasteiger partial charge on any atom is 0.261 e. The number of rotatable bonds is 6. The molecular formula is C20H22N2O3. The van der Waals surface area contributed by atoms with Gasteiger partial charge in [0.05, 0.1) is 0 Å². The van der Waals surface area contributed by atoms with E-state index in [1.807, 2.05) is 42.5 Å². The maximum atomic E-state index is 12.2. The molecule has 0 unspecified atom stereocenters. The molecule has 3 rings (SSSR count). The summed E-state index contributed by atoms with van der Waals surface area (Å²) < 4.78 is 5.69. The molecule has 25 heavy (non-hydrogen) atoms. The minimum absolute atomic E-state index is 0.155. The minimum atomic E-state index is -0.594. The molecule has 130 valence electrons. The number of anilines is 1. The van der Waals surface area contributed by atoms with Crippen molar-refractivity contribution in [1.29, 1.82) is 0 Å². The number of carbonyl (C=O) groups is 2. The molecule has 0 aromatic heterocycles. The van der Waals surface area contributed by atoms with Crippen molar-refractivity contribution in [1.82, 2.24) is 5.32 Å². The molecule has 1 aliphatic heterocycles. The highest BCUT2D eigenvalue weighted by atomic mass is 16.5. The molecule has 0 spiro atoms. The van der Waals surface area contributed by atoms with Crippen molar-refractivity contribution in [2.45, 2.75) is 32.4 Å². The second-order valence-corrected chi connectivity index (χ2v) is 6.11. The molecule has 1 saturated heterocycles. The second-order valence-electron chi connectivity index (χ2n) is 6.11. The van der Waals surface area contributed by atoms with Gasteiger partial charge in [-0.15, -0.1) is 0 Å². The molecule has 2 amide bonds. The number of hydrogen-bond donors (Lipinski definition) is 1. The predicted octanol–water partition coefficient (Wildman–Crippen LogP) is 2.90. The average molecular weight is 338 g/mol. The van der Waals surface area contributed by atoms with E-state index in [2.05, 4.69) is 5.32 Å². The first-order chi connectivity index (χ1) is 12.1. The van der Waals surface area contributed by atoms with E-state index < -0.39 is 6.10 Å². The van der Waals surface area contributed by atoms with E-state index in [0.717, 1.165) is 24.2 Å². The summed E-state index contributed by atoms with van der Waals surface area (Å²) in [6, 6.07) is 17.0. The summed E-state index contributed by atoms with van der Waals surface area (Å²) in [5.41, 5.74) is 1.92. The number of benzene rings is 2. The normalized spacial score (nSPS) is 15.1. The summed E-state index contributed by atoms with van der Waals surface area (Å²) in [5.74, 6) is 0.600. The molecule has 2 aromatic carbocycles. The highest BCUT2D eigenvalue weighted by Gasteiger charge is 2.21. The smallest absolute Gasteiger partial charge is 0.261 e. The number of carbonyl (C=O) groups excluding carboxylic acids is 2. The van der Waals surface area contributed by atoms with Gasteiger partial charge in [-0.3, -0.25) is 9.59 Å². The lowest BCUT2D eigenvalue weighted by molar-refractivity contribution is -0.127. The first kappa shape index (κ1) is 17.0. The third-order valence-electron chi connectivity index (χ3n) is 4.21. The van der Waals surface area contributed by atoms with Crippen LogP contribution in [0.15, 0.2) is 54.6 Å². The molecule has 5 nitrogen and oxygen atoms in total. The van der Waals surface area contributed by atoms with E-state index in [9.17, 15) is 9.59 Å². The fourth-order valence-corrected chi connectivity index (χ4v) is 2.81. The van der Waals surface area contributed by atoms with Gasteiger partial charge in [-0.1, -0.05) is 30.3 Å². The van der Waals surface area contributed by atoms with Gasteiger partial charge >= 0.3 is 0 Å².